The van der Waals surface area contributed by atoms with Gasteiger partial charge < -0.3 is 14.5 Å². The zero-order valence-electron chi connectivity index (χ0n) is 24.0. The van der Waals surface area contributed by atoms with Gasteiger partial charge in [0.15, 0.2) is 9.84 Å². The van der Waals surface area contributed by atoms with Gasteiger partial charge >= 0.3 is 6.09 Å². The van der Waals surface area contributed by atoms with Crippen molar-refractivity contribution in [3.63, 3.8) is 0 Å². The lowest BCUT2D eigenvalue weighted by Crippen LogP contribution is -2.51. The summed E-state index contributed by atoms with van der Waals surface area (Å²) in [5.41, 5.74) is 0.854. The van der Waals surface area contributed by atoms with E-state index in [9.17, 15) is 27.7 Å². The number of benzene rings is 2. The van der Waals surface area contributed by atoms with Crippen LogP contribution in [-0.2, 0) is 14.6 Å². The minimum Gasteiger partial charge on any atom is -0.444 e. The van der Waals surface area contributed by atoms with Crippen molar-refractivity contribution in [1.29, 1.82) is 5.26 Å². The molecule has 0 radical (unpaired) electrons. The molecule has 11 nitrogen and oxygen atoms in total. The molecule has 2 aromatic heterocycles. The predicted octanol–water partition coefficient (Wildman–Crippen LogP) is 4.19. The Morgan fingerprint density at radius 1 is 1.00 bits per heavy atom. The molecule has 43 heavy (non-hydrogen) atoms. The van der Waals surface area contributed by atoms with Crippen LogP contribution < -0.4 is 0 Å². The number of halogens is 1. The molecular formula is C30H29FN6O5S. The molecule has 1 aliphatic heterocycles. The van der Waals surface area contributed by atoms with Gasteiger partial charge in [0, 0.05) is 73.1 Å². The van der Waals surface area contributed by atoms with Crippen molar-refractivity contribution < 1.29 is 27.1 Å². The second kappa shape index (κ2) is 11.1. The van der Waals surface area contributed by atoms with Gasteiger partial charge in [-0.25, -0.2) is 27.6 Å². The Labute approximate surface area is 248 Å². The third-order valence-corrected chi connectivity index (χ3v) is 8.02. The molecule has 3 heterocycles. The maximum atomic E-state index is 14.5. The molecule has 0 spiro atoms. The van der Waals surface area contributed by atoms with E-state index in [4.69, 9.17) is 4.74 Å². The molecule has 0 bridgehead atoms. The first-order valence-corrected chi connectivity index (χ1v) is 15.3. The zero-order valence-corrected chi connectivity index (χ0v) is 24.9. The molecule has 222 valence electrons. The lowest BCUT2D eigenvalue weighted by atomic mass is 10.1. The Kier molecular flexibility index (Phi) is 7.66. The van der Waals surface area contributed by atoms with Crippen LogP contribution in [0, 0.1) is 17.1 Å². The number of piperazine rings is 1. The van der Waals surface area contributed by atoms with Gasteiger partial charge in [-0.3, -0.25) is 9.36 Å². The third-order valence-electron chi connectivity index (χ3n) is 6.89. The number of nitrogens with zero attached hydrogens (tertiary/aromatic N) is 6. The molecule has 0 atom stereocenters. The van der Waals surface area contributed by atoms with Crippen LogP contribution in [0.2, 0.25) is 0 Å². The Bertz CT molecular complexity index is 1880. The van der Waals surface area contributed by atoms with Gasteiger partial charge in [-0.2, -0.15) is 5.26 Å². The number of fused-ring (bicyclic) bond motifs is 1. The highest BCUT2D eigenvalue weighted by atomic mass is 32.2. The van der Waals surface area contributed by atoms with Crippen LogP contribution in [0.4, 0.5) is 9.18 Å². The standard InChI is InChI=1S/C30H29FN6O5S/c1-30(2,3)42-29(39)36-11-9-35(10-12-36)27(38)20-6-7-22-25(14-20)37(18-26(22)43(4,40)41)28-33-16-21(17-34-28)23-13-19(15-32)5-8-24(23)31/h5-8,13-14,16-18H,9-12H2,1-4H3. The Hall–Kier alpha value is -4.83. The number of rotatable bonds is 4. The van der Waals surface area contributed by atoms with Crippen LogP contribution in [0.25, 0.3) is 28.0 Å². The first kappa shape index (κ1) is 29.7. The monoisotopic (exact) mass is 604 g/mol. The molecule has 0 unspecified atom stereocenters. The topological polar surface area (TPSA) is 138 Å². The van der Waals surface area contributed by atoms with Gasteiger partial charge in [0.2, 0.25) is 5.95 Å². The quantitative estimate of drug-likeness (QED) is 0.338. The minimum absolute atomic E-state index is 0.0351. The van der Waals surface area contributed by atoms with E-state index in [0.717, 1.165) is 6.26 Å². The number of hydrogen-bond donors (Lipinski definition) is 0. The van der Waals surface area contributed by atoms with E-state index >= 15 is 0 Å². The van der Waals surface area contributed by atoms with Crippen LogP contribution in [-0.4, -0.2) is 82.8 Å². The number of carbonyl (C=O) groups excluding carboxylic acids is 2. The van der Waals surface area contributed by atoms with Gasteiger partial charge in [-0.1, -0.05) is 6.07 Å². The van der Waals surface area contributed by atoms with E-state index in [0.29, 0.717) is 48.2 Å². The summed E-state index contributed by atoms with van der Waals surface area (Å²) in [5, 5.41) is 9.56. The highest BCUT2D eigenvalue weighted by molar-refractivity contribution is 7.91. The van der Waals surface area contributed by atoms with Crippen molar-refractivity contribution >= 4 is 32.7 Å². The zero-order chi connectivity index (χ0) is 31.1. The van der Waals surface area contributed by atoms with Crippen LogP contribution in [0.15, 0.2) is 59.9 Å². The van der Waals surface area contributed by atoms with E-state index in [1.165, 1.54) is 41.4 Å². The summed E-state index contributed by atoms with van der Waals surface area (Å²) >= 11 is 0. The molecule has 5 rings (SSSR count). The summed E-state index contributed by atoms with van der Waals surface area (Å²) in [6.45, 7) is 6.62. The molecule has 2 aromatic carbocycles. The fourth-order valence-corrected chi connectivity index (χ4v) is 5.66. The molecule has 1 saturated heterocycles. The van der Waals surface area contributed by atoms with Crippen molar-refractivity contribution in [2.45, 2.75) is 31.3 Å². The first-order chi connectivity index (χ1) is 20.2. The smallest absolute Gasteiger partial charge is 0.410 e. The maximum Gasteiger partial charge on any atom is 0.410 e. The molecular weight excluding hydrogens is 575 g/mol. The normalized spacial score (nSPS) is 14.0. The highest BCUT2D eigenvalue weighted by Gasteiger charge is 2.29. The number of nitriles is 1. The van der Waals surface area contributed by atoms with E-state index < -0.39 is 27.3 Å². The van der Waals surface area contributed by atoms with Crippen molar-refractivity contribution in [3.05, 3.63) is 71.9 Å². The summed E-state index contributed by atoms with van der Waals surface area (Å²) < 4.78 is 46.6. The lowest BCUT2D eigenvalue weighted by molar-refractivity contribution is 0.0141. The Morgan fingerprint density at radius 2 is 1.65 bits per heavy atom. The predicted molar refractivity (Wildman–Crippen MR) is 156 cm³/mol. The molecule has 0 saturated carbocycles. The number of aromatic nitrogens is 3. The number of carbonyl (C=O) groups is 2. The lowest BCUT2D eigenvalue weighted by Gasteiger charge is -2.35. The molecule has 0 aliphatic carbocycles. The first-order valence-electron chi connectivity index (χ1n) is 13.4. The van der Waals surface area contributed by atoms with Crippen LogP contribution in [0.5, 0.6) is 0 Å². The van der Waals surface area contributed by atoms with Crippen molar-refractivity contribution in [1.82, 2.24) is 24.3 Å². The van der Waals surface area contributed by atoms with Gasteiger partial charge in [0.05, 0.1) is 22.0 Å². The fraction of sp³-hybridized carbons (Fsp3) is 0.300. The molecule has 13 heteroatoms. The fourth-order valence-electron chi connectivity index (χ4n) is 4.79. The summed E-state index contributed by atoms with van der Waals surface area (Å²) in [4.78, 5) is 37.8. The van der Waals surface area contributed by atoms with Gasteiger partial charge in [-0.05, 0) is 51.1 Å². The Morgan fingerprint density at radius 3 is 2.26 bits per heavy atom. The summed E-state index contributed by atoms with van der Waals surface area (Å²) in [5.74, 6) is -0.712. The maximum absolute atomic E-state index is 14.5. The summed E-state index contributed by atoms with van der Waals surface area (Å²) in [7, 11) is -3.66. The minimum atomic E-state index is -3.66. The largest absolute Gasteiger partial charge is 0.444 e. The molecule has 2 amide bonds. The number of amides is 2. The van der Waals surface area contributed by atoms with Crippen molar-refractivity contribution in [2.24, 2.45) is 0 Å². The van der Waals surface area contributed by atoms with Gasteiger partial charge in [0.1, 0.15) is 11.4 Å². The summed E-state index contributed by atoms with van der Waals surface area (Å²) in [6.07, 6.45) is 4.81. The van der Waals surface area contributed by atoms with E-state index in [1.807, 2.05) is 6.07 Å². The van der Waals surface area contributed by atoms with Crippen LogP contribution >= 0.6 is 0 Å². The molecule has 0 N–H and O–H groups in total. The second-order valence-electron chi connectivity index (χ2n) is 11.2. The van der Waals surface area contributed by atoms with Crippen LogP contribution in [0.1, 0.15) is 36.7 Å². The summed E-state index contributed by atoms with van der Waals surface area (Å²) in [6, 6.07) is 10.6. The number of hydrogen-bond acceptors (Lipinski definition) is 8. The van der Waals surface area contributed by atoms with Crippen LogP contribution in [0.3, 0.4) is 0 Å². The molecule has 1 aliphatic rings. The average Bonchev–Trinajstić information content (AvgIpc) is 3.36. The third kappa shape index (κ3) is 6.19. The molecule has 4 aromatic rings. The van der Waals surface area contributed by atoms with Gasteiger partial charge in [0.25, 0.3) is 5.91 Å². The average molecular weight is 605 g/mol. The number of ether oxygens (including phenoxy) is 1. The van der Waals surface area contributed by atoms with Crippen molar-refractivity contribution in [2.75, 3.05) is 32.4 Å². The van der Waals surface area contributed by atoms with E-state index in [1.54, 1.807) is 48.8 Å². The van der Waals surface area contributed by atoms with Gasteiger partial charge in [-0.15, -0.1) is 0 Å². The Balaban J connectivity index is 1.45. The van der Waals surface area contributed by atoms with E-state index in [-0.39, 0.29) is 27.9 Å². The highest BCUT2D eigenvalue weighted by Crippen LogP contribution is 2.30. The van der Waals surface area contributed by atoms with E-state index in [2.05, 4.69) is 9.97 Å². The van der Waals surface area contributed by atoms with Crippen molar-refractivity contribution in [3.8, 4) is 23.1 Å². The molecule has 1 fully saturated rings. The second-order valence-corrected chi connectivity index (χ2v) is 13.2. The SMILES string of the molecule is CC(C)(C)OC(=O)N1CCN(C(=O)c2ccc3c(S(C)(=O)=O)cn(-c4ncc(-c5cc(C#N)ccc5F)cn4)c3c2)CC1. The number of sulfone groups is 1.